The Labute approximate surface area is 138 Å². The predicted molar refractivity (Wildman–Crippen MR) is 91.0 cm³/mol. The van der Waals surface area contributed by atoms with Gasteiger partial charge in [0.15, 0.2) is 0 Å². The van der Waals surface area contributed by atoms with Crippen molar-refractivity contribution in [1.82, 2.24) is 5.32 Å². The molecule has 3 atom stereocenters. The first-order chi connectivity index (χ1) is 10.9. The van der Waals surface area contributed by atoms with Crippen LogP contribution in [0.15, 0.2) is 24.3 Å². The van der Waals surface area contributed by atoms with Gasteiger partial charge in [0.2, 0.25) is 10.0 Å². The molecule has 0 spiro atoms. The van der Waals surface area contributed by atoms with Gasteiger partial charge in [0.05, 0.1) is 11.9 Å². The zero-order valence-electron chi connectivity index (χ0n) is 13.7. The van der Waals surface area contributed by atoms with Gasteiger partial charge in [0, 0.05) is 18.2 Å². The minimum Gasteiger partial charge on any atom is -0.349 e. The highest BCUT2D eigenvalue weighted by Gasteiger charge is 2.40. The first-order valence-corrected chi connectivity index (χ1v) is 10.1. The van der Waals surface area contributed by atoms with E-state index in [0.29, 0.717) is 29.8 Å². The third-order valence-corrected chi connectivity index (χ3v) is 6.43. The van der Waals surface area contributed by atoms with Gasteiger partial charge in [-0.2, -0.15) is 0 Å². The molecule has 1 aromatic carbocycles. The monoisotopic (exact) mass is 336 g/mol. The number of benzene rings is 1. The molecule has 2 bridgehead atoms. The van der Waals surface area contributed by atoms with Crippen LogP contribution in [0.5, 0.6) is 0 Å². The van der Waals surface area contributed by atoms with E-state index in [0.717, 1.165) is 12.3 Å². The van der Waals surface area contributed by atoms with Crippen molar-refractivity contribution in [2.75, 3.05) is 17.1 Å². The van der Waals surface area contributed by atoms with Gasteiger partial charge in [-0.05, 0) is 62.3 Å². The van der Waals surface area contributed by atoms with E-state index in [1.165, 1.54) is 29.8 Å². The largest absolute Gasteiger partial charge is 0.349 e. The topological polar surface area (TPSA) is 66.5 Å². The molecule has 0 heterocycles. The first-order valence-electron chi connectivity index (χ1n) is 8.27. The summed E-state index contributed by atoms with van der Waals surface area (Å²) in [4.78, 5) is 12.4. The fourth-order valence-corrected chi connectivity index (χ4v) is 5.03. The van der Waals surface area contributed by atoms with E-state index < -0.39 is 10.0 Å². The fourth-order valence-electron chi connectivity index (χ4n) is 4.06. The van der Waals surface area contributed by atoms with Crippen molar-refractivity contribution in [2.24, 2.45) is 11.8 Å². The molecule has 1 N–H and O–H groups in total. The summed E-state index contributed by atoms with van der Waals surface area (Å²) < 4.78 is 24.8. The molecule has 0 radical (unpaired) electrons. The van der Waals surface area contributed by atoms with E-state index in [4.69, 9.17) is 0 Å². The van der Waals surface area contributed by atoms with E-state index in [1.54, 1.807) is 31.2 Å². The van der Waals surface area contributed by atoms with Crippen molar-refractivity contribution in [3.05, 3.63) is 29.8 Å². The smallest absolute Gasteiger partial charge is 0.251 e. The molecule has 2 aliphatic rings. The molecule has 1 amide bonds. The van der Waals surface area contributed by atoms with E-state index in [-0.39, 0.29) is 5.91 Å². The second-order valence-electron chi connectivity index (χ2n) is 6.73. The number of sulfonamides is 1. The zero-order valence-corrected chi connectivity index (χ0v) is 14.5. The molecule has 3 rings (SSSR count). The summed E-state index contributed by atoms with van der Waals surface area (Å²) in [7, 11) is -3.29. The van der Waals surface area contributed by atoms with Crippen LogP contribution in [0.2, 0.25) is 0 Å². The Kier molecular flexibility index (Phi) is 4.36. The highest BCUT2D eigenvalue weighted by atomic mass is 32.2. The molecule has 126 valence electrons. The van der Waals surface area contributed by atoms with Crippen molar-refractivity contribution in [1.29, 1.82) is 0 Å². The molecule has 6 heteroatoms. The Hall–Kier alpha value is -1.56. The van der Waals surface area contributed by atoms with E-state index in [1.807, 2.05) is 0 Å². The molecule has 0 aromatic heterocycles. The third-order valence-electron chi connectivity index (χ3n) is 5.16. The lowest BCUT2D eigenvalue weighted by molar-refractivity contribution is 0.0923. The number of hydrogen-bond acceptors (Lipinski definition) is 3. The number of carbonyl (C=O) groups excluding carboxylic acids is 1. The molecule has 23 heavy (non-hydrogen) atoms. The molecule has 0 saturated heterocycles. The van der Waals surface area contributed by atoms with Crippen molar-refractivity contribution in [2.45, 2.75) is 38.6 Å². The molecule has 1 aromatic rings. The summed E-state index contributed by atoms with van der Waals surface area (Å²) in [5.41, 5.74) is 1.17. The van der Waals surface area contributed by atoms with Crippen LogP contribution in [-0.4, -0.2) is 33.2 Å². The normalized spacial score (nSPS) is 26.3. The molecular formula is C17H24N2O3S. The van der Waals surface area contributed by atoms with Crippen molar-refractivity contribution >= 4 is 21.6 Å². The Bertz CT molecular complexity index is 684. The van der Waals surface area contributed by atoms with Crippen molar-refractivity contribution in [3.8, 4) is 0 Å². The second-order valence-corrected chi connectivity index (χ2v) is 8.64. The average Bonchev–Trinajstić information content (AvgIpc) is 3.09. The van der Waals surface area contributed by atoms with E-state index in [2.05, 4.69) is 5.32 Å². The Balaban J connectivity index is 1.68. The summed E-state index contributed by atoms with van der Waals surface area (Å²) >= 11 is 0. The predicted octanol–water partition coefficient (Wildman–Crippen LogP) is 2.39. The number of nitrogens with one attached hydrogen (secondary N) is 1. The highest BCUT2D eigenvalue weighted by Crippen LogP contribution is 2.44. The number of amides is 1. The Morgan fingerprint density at radius 2 is 1.91 bits per heavy atom. The first kappa shape index (κ1) is 16.3. The van der Waals surface area contributed by atoms with E-state index in [9.17, 15) is 13.2 Å². The molecule has 5 nitrogen and oxygen atoms in total. The lowest BCUT2D eigenvalue weighted by Crippen LogP contribution is -2.38. The third kappa shape index (κ3) is 3.37. The van der Waals surface area contributed by atoms with Crippen LogP contribution in [0.4, 0.5) is 5.69 Å². The summed E-state index contributed by atoms with van der Waals surface area (Å²) in [5.74, 6) is 1.38. The van der Waals surface area contributed by atoms with Crippen LogP contribution in [0.25, 0.3) is 0 Å². The lowest BCUT2D eigenvalue weighted by Gasteiger charge is -2.23. The van der Waals surface area contributed by atoms with Gasteiger partial charge < -0.3 is 5.32 Å². The Morgan fingerprint density at radius 1 is 1.22 bits per heavy atom. The minimum absolute atomic E-state index is 0.0588. The van der Waals surface area contributed by atoms with Crippen LogP contribution in [0, 0.1) is 11.8 Å². The maximum atomic E-state index is 12.4. The van der Waals surface area contributed by atoms with Gasteiger partial charge in [-0.1, -0.05) is 6.42 Å². The second kappa shape index (κ2) is 6.15. The standard InChI is InChI=1S/C17H24N2O3S/c1-3-19(23(2,21)22)15-8-6-13(7-9-15)17(20)18-16-11-12-4-5-14(16)10-12/h6-9,12,14,16H,3-5,10-11H2,1-2H3,(H,18,20)/t12-,14-,16-/m0/s1. The number of hydrogen-bond donors (Lipinski definition) is 1. The minimum atomic E-state index is -3.29. The summed E-state index contributed by atoms with van der Waals surface area (Å²) in [5, 5.41) is 3.15. The molecule has 2 fully saturated rings. The van der Waals surface area contributed by atoms with Crippen molar-refractivity contribution in [3.63, 3.8) is 0 Å². The van der Waals surface area contributed by atoms with Gasteiger partial charge in [0.25, 0.3) is 5.91 Å². The number of fused-ring (bicyclic) bond motifs is 2. The van der Waals surface area contributed by atoms with Gasteiger partial charge in [-0.25, -0.2) is 8.42 Å². The van der Waals surface area contributed by atoms with Gasteiger partial charge >= 0.3 is 0 Å². The quantitative estimate of drug-likeness (QED) is 0.898. The summed E-state index contributed by atoms with van der Waals surface area (Å²) in [6.07, 6.45) is 6.08. The summed E-state index contributed by atoms with van der Waals surface area (Å²) in [6, 6.07) is 7.10. The van der Waals surface area contributed by atoms with Crippen molar-refractivity contribution < 1.29 is 13.2 Å². The Morgan fingerprint density at radius 3 is 2.39 bits per heavy atom. The fraction of sp³-hybridized carbons (Fsp3) is 0.588. The highest BCUT2D eigenvalue weighted by molar-refractivity contribution is 7.92. The van der Waals surface area contributed by atoms with Gasteiger partial charge in [-0.3, -0.25) is 9.10 Å². The number of anilines is 1. The maximum absolute atomic E-state index is 12.4. The van der Waals surface area contributed by atoms with Crippen LogP contribution in [0.3, 0.4) is 0 Å². The van der Waals surface area contributed by atoms with Gasteiger partial charge in [-0.15, -0.1) is 0 Å². The molecule has 0 unspecified atom stereocenters. The number of rotatable bonds is 5. The van der Waals surface area contributed by atoms with Gasteiger partial charge in [0.1, 0.15) is 0 Å². The lowest BCUT2D eigenvalue weighted by atomic mass is 9.95. The number of carbonyl (C=O) groups is 1. The number of nitrogens with zero attached hydrogens (tertiary/aromatic N) is 1. The summed E-state index contributed by atoms with van der Waals surface area (Å²) in [6.45, 7) is 2.16. The molecule has 0 aliphatic heterocycles. The molecule has 2 saturated carbocycles. The van der Waals surface area contributed by atoms with Crippen LogP contribution in [-0.2, 0) is 10.0 Å². The maximum Gasteiger partial charge on any atom is 0.251 e. The SMILES string of the molecule is CCN(c1ccc(C(=O)N[C@H]2C[C@H]3CC[C@H]2C3)cc1)S(C)(=O)=O. The van der Waals surface area contributed by atoms with Crippen LogP contribution in [0.1, 0.15) is 43.0 Å². The zero-order chi connectivity index (χ0) is 16.6. The average molecular weight is 336 g/mol. The molecular weight excluding hydrogens is 312 g/mol. The van der Waals surface area contributed by atoms with Crippen LogP contribution >= 0.6 is 0 Å². The van der Waals surface area contributed by atoms with E-state index >= 15 is 0 Å². The van der Waals surface area contributed by atoms with Crippen LogP contribution < -0.4 is 9.62 Å². The molecule has 2 aliphatic carbocycles.